The molecule has 0 aromatic carbocycles. The maximum Gasteiger partial charge on any atom is 0.125 e. The van der Waals surface area contributed by atoms with E-state index in [4.69, 9.17) is 0 Å². The van der Waals surface area contributed by atoms with E-state index in [2.05, 4.69) is 71.3 Å². The number of rotatable bonds is 11. The highest BCUT2D eigenvalue weighted by molar-refractivity contribution is 14.1. The first kappa shape index (κ1) is 19.9. The Morgan fingerprint density at radius 1 is 0.556 bits per heavy atom. The van der Waals surface area contributed by atoms with Crippen LogP contribution in [0.15, 0.2) is 0 Å². The molecule has 0 aliphatic heterocycles. The van der Waals surface area contributed by atoms with E-state index < -0.39 is 11.1 Å². The molecule has 0 N–H and O–H groups in total. The van der Waals surface area contributed by atoms with Crippen LogP contribution >= 0.6 is 43.6 Å². The summed E-state index contributed by atoms with van der Waals surface area (Å²) in [5.74, 6) is 0. The number of hydrogen-bond donors (Lipinski definition) is 0. The fraction of sp³-hybridized carbons (Fsp3) is 1.00. The summed E-state index contributed by atoms with van der Waals surface area (Å²) < 4.78 is 0. The molecule has 4 heteroatoms. The molecule has 0 fully saturated rings. The molecule has 0 amide bonds. The van der Waals surface area contributed by atoms with Crippen molar-refractivity contribution in [1.82, 2.24) is 0 Å². The number of halogens is 2. The predicted molar refractivity (Wildman–Crippen MR) is 110 cm³/mol. The minimum atomic E-state index is -0.831. The molecule has 18 heavy (non-hydrogen) atoms. The third-order valence-electron chi connectivity index (χ3n) is 4.53. The Morgan fingerprint density at radius 2 is 0.833 bits per heavy atom. The summed E-state index contributed by atoms with van der Waals surface area (Å²) in [7, 11) is 0. The molecule has 0 unspecified atom stereocenters. The molecule has 0 radical (unpaired) electrons. The van der Waals surface area contributed by atoms with Crippen molar-refractivity contribution in [3.8, 4) is 0 Å². The quantitative estimate of drug-likeness (QED) is 0.118. The normalized spacial score (nSPS) is 13.0. The molecule has 0 nitrogen and oxygen atoms in total. The Kier molecular flexibility index (Phi) is 11.7. The second kappa shape index (κ2) is 10.6. The Hall–Kier alpha value is 1.89. The van der Waals surface area contributed by atoms with Gasteiger partial charge in [0.05, 0.1) is 0 Å². The lowest BCUT2D eigenvalue weighted by Crippen LogP contribution is -2.23. The van der Waals surface area contributed by atoms with Crippen molar-refractivity contribution in [2.24, 2.45) is 0 Å². The highest BCUT2D eigenvalue weighted by atomic mass is 127. The fourth-order valence-electron chi connectivity index (χ4n) is 2.44. The molecule has 0 rings (SSSR count). The van der Waals surface area contributed by atoms with Crippen molar-refractivity contribution in [2.45, 2.75) is 89.6 Å². The zero-order valence-corrected chi connectivity index (χ0v) is 19.1. The van der Waals surface area contributed by atoms with Crippen LogP contribution in [0.3, 0.4) is 0 Å². The van der Waals surface area contributed by atoms with Crippen molar-refractivity contribution >= 4 is 54.7 Å². The first-order valence-electron chi connectivity index (χ1n) is 7.83. The smallest absolute Gasteiger partial charge is 0.119 e. The fourth-order valence-corrected chi connectivity index (χ4v) is 8.91. The third-order valence-corrected chi connectivity index (χ3v) is 24.5. The molecule has 0 aliphatic rings. The predicted octanol–water partition coefficient (Wildman–Crippen LogP) is 7.39. The van der Waals surface area contributed by atoms with Gasteiger partial charge in [0.25, 0.3) is 0 Å². The molecular weight excluding hydrogens is 478 g/mol. The number of unbranched alkanes of at least 4 members (excludes halogenated alkanes) is 3. The summed E-state index contributed by atoms with van der Waals surface area (Å²) in [6.45, 7) is 9.61. The summed E-state index contributed by atoms with van der Waals surface area (Å²) in [4.78, 5) is 0. The van der Waals surface area contributed by atoms with Crippen LogP contribution < -0.4 is 0 Å². The molecule has 0 spiro atoms. The van der Waals surface area contributed by atoms with Crippen LogP contribution in [0.1, 0.15) is 53.4 Å². The Labute approximate surface area is 143 Å². The van der Waals surface area contributed by atoms with E-state index in [1.54, 1.807) is 12.1 Å². The van der Waals surface area contributed by atoms with E-state index in [0.29, 0.717) is 0 Å². The van der Waals surface area contributed by atoms with Gasteiger partial charge >= 0.3 is 0 Å². The van der Waals surface area contributed by atoms with E-state index in [-0.39, 0.29) is 0 Å². The van der Waals surface area contributed by atoms with Gasteiger partial charge in [0.15, 0.2) is 0 Å². The van der Waals surface area contributed by atoms with Crippen LogP contribution in [-0.2, 0) is 0 Å². The summed E-state index contributed by atoms with van der Waals surface area (Å²) in [6, 6.07) is 9.02. The maximum atomic E-state index is 2.83. The lowest BCUT2D eigenvalue weighted by molar-refractivity contribution is 0.692. The van der Waals surface area contributed by atoms with Crippen molar-refractivity contribution in [1.29, 1.82) is 0 Å². The topological polar surface area (TPSA) is 0 Å². The van der Waals surface area contributed by atoms with Crippen LogP contribution in [0.5, 0.6) is 0 Å². The second-order valence-electron chi connectivity index (χ2n) is 5.63. The molecule has 0 aromatic heterocycles. The second-order valence-corrected chi connectivity index (χ2v) is 27.8. The van der Waals surface area contributed by atoms with Gasteiger partial charge in [0.2, 0.25) is 0 Å². The minimum absolute atomic E-state index is 0.831. The standard InChI is InChI=1S/C14H32I2Si2/c1-5-17(15,6-2)13-11-9-10-12-14-18(16,7-3)8-4/h5-14H2,1-4H3. The van der Waals surface area contributed by atoms with E-state index in [0.717, 1.165) is 0 Å². The van der Waals surface area contributed by atoms with Gasteiger partial charge in [-0.25, -0.2) is 0 Å². The first-order chi connectivity index (χ1) is 8.45. The van der Waals surface area contributed by atoms with Crippen LogP contribution in [0, 0.1) is 0 Å². The summed E-state index contributed by atoms with van der Waals surface area (Å²) in [5, 5.41) is 0. The molecule has 0 aliphatic carbocycles. The highest BCUT2D eigenvalue weighted by Gasteiger charge is 2.25. The van der Waals surface area contributed by atoms with Crippen LogP contribution in [0.2, 0.25) is 36.3 Å². The van der Waals surface area contributed by atoms with Gasteiger partial charge in [-0.3, -0.25) is 0 Å². The summed E-state index contributed by atoms with van der Waals surface area (Å²) in [6.07, 6.45) is 5.99. The molecular formula is C14H32I2Si2. The zero-order valence-electron chi connectivity index (χ0n) is 12.8. The lowest BCUT2D eigenvalue weighted by atomic mass is 10.2. The van der Waals surface area contributed by atoms with Gasteiger partial charge in [0.1, 0.15) is 11.1 Å². The average molecular weight is 510 g/mol. The Bertz CT molecular complexity index is 180. The van der Waals surface area contributed by atoms with E-state index >= 15 is 0 Å². The van der Waals surface area contributed by atoms with Crippen molar-refractivity contribution in [3.05, 3.63) is 0 Å². The Balaban J connectivity index is 3.63. The first-order valence-corrected chi connectivity index (χ1v) is 19.3. The van der Waals surface area contributed by atoms with Gasteiger partial charge in [-0.05, 0) is 12.1 Å². The van der Waals surface area contributed by atoms with Crippen molar-refractivity contribution in [2.75, 3.05) is 0 Å². The van der Waals surface area contributed by atoms with Gasteiger partial charge < -0.3 is 0 Å². The lowest BCUT2D eigenvalue weighted by Gasteiger charge is -2.22. The van der Waals surface area contributed by atoms with E-state index in [1.165, 1.54) is 49.9 Å². The minimum Gasteiger partial charge on any atom is -0.119 e. The molecule has 0 saturated carbocycles. The number of hydrogen-bond acceptors (Lipinski definition) is 0. The highest BCUT2D eigenvalue weighted by Crippen LogP contribution is 2.32. The third kappa shape index (κ3) is 8.24. The van der Waals surface area contributed by atoms with Gasteiger partial charge in [0, 0.05) is 0 Å². The van der Waals surface area contributed by atoms with Crippen LogP contribution in [0.4, 0.5) is 0 Å². The molecule has 110 valence electrons. The van der Waals surface area contributed by atoms with Crippen molar-refractivity contribution < 1.29 is 0 Å². The molecule has 0 aromatic rings. The van der Waals surface area contributed by atoms with Gasteiger partial charge in [-0.1, -0.05) is 77.6 Å². The molecule has 0 bridgehead atoms. The monoisotopic (exact) mass is 510 g/mol. The average Bonchev–Trinajstić information content (AvgIpc) is 2.42. The molecule has 0 saturated heterocycles. The molecule has 0 atom stereocenters. The van der Waals surface area contributed by atoms with Crippen LogP contribution in [0.25, 0.3) is 0 Å². The van der Waals surface area contributed by atoms with Gasteiger partial charge in [-0.15, -0.1) is 43.6 Å². The van der Waals surface area contributed by atoms with E-state index in [1.807, 2.05) is 0 Å². The van der Waals surface area contributed by atoms with Gasteiger partial charge in [-0.2, -0.15) is 0 Å². The van der Waals surface area contributed by atoms with Crippen molar-refractivity contribution in [3.63, 3.8) is 0 Å². The maximum absolute atomic E-state index is 2.83. The SMILES string of the molecule is CC[Si](I)(CC)CCCCCC[Si](I)(CC)CC. The van der Waals surface area contributed by atoms with Crippen LogP contribution in [-0.4, -0.2) is 11.1 Å². The summed E-state index contributed by atoms with van der Waals surface area (Å²) in [5.41, 5.74) is -1.66. The molecule has 0 heterocycles. The Morgan fingerprint density at radius 3 is 1.06 bits per heavy atom. The zero-order chi connectivity index (χ0) is 14.1. The summed E-state index contributed by atoms with van der Waals surface area (Å²) >= 11 is 5.67. The largest absolute Gasteiger partial charge is 0.125 e. The van der Waals surface area contributed by atoms with E-state index in [9.17, 15) is 0 Å².